The molecule has 0 saturated heterocycles. The van der Waals surface area contributed by atoms with Crippen LogP contribution < -0.4 is 5.48 Å². The Morgan fingerprint density at radius 1 is 1.47 bits per heavy atom. The molecule has 0 atom stereocenters. The predicted molar refractivity (Wildman–Crippen MR) is 56.4 cm³/mol. The van der Waals surface area contributed by atoms with E-state index in [0.717, 1.165) is 12.8 Å². The molecule has 0 aromatic heterocycles. The van der Waals surface area contributed by atoms with Gasteiger partial charge >= 0.3 is 0 Å². The number of carbonyl (C=O) groups is 1. The molecule has 1 rings (SSSR count). The van der Waals surface area contributed by atoms with Gasteiger partial charge in [-0.15, -0.1) is 0 Å². The van der Waals surface area contributed by atoms with Crippen molar-refractivity contribution < 1.29 is 14.7 Å². The summed E-state index contributed by atoms with van der Waals surface area (Å²) in [6.07, 6.45) is 1.90. The smallest absolute Gasteiger partial charge is 0.278 e. The molecule has 0 fully saturated rings. The van der Waals surface area contributed by atoms with Gasteiger partial charge in [0.05, 0.1) is 12.2 Å². The van der Waals surface area contributed by atoms with Crippen LogP contribution in [-0.4, -0.2) is 17.6 Å². The molecular weight excluding hydrogens is 194 g/mol. The first-order valence-corrected chi connectivity index (χ1v) is 4.95. The number of hydrogen-bond acceptors (Lipinski definition) is 3. The number of rotatable bonds is 5. The van der Waals surface area contributed by atoms with Crippen molar-refractivity contribution in [1.82, 2.24) is 5.48 Å². The van der Waals surface area contributed by atoms with Gasteiger partial charge < -0.3 is 5.11 Å². The number of benzene rings is 1. The van der Waals surface area contributed by atoms with E-state index in [9.17, 15) is 9.90 Å². The van der Waals surface area contributed by atoms with Crippen molar-refractivity contribution in [3.63, 3.8) is 0 Å². The van der Waals surface area contributed by atoms with E-state index in [4.69, 9.17) is 4.84 Å². The Morgan fingerprint density at radius 3 is 2.87 bits per heavy atom. The minimum atomic E-state index is -0.427. The molecule has 1 aromatic carbocycles. The van der Waals surface area contributed by atoms with Crippen LogP contribution in [0.4, 0.5) is 0 Å². The fourth-order valence-corrected chi connectivity index (χ4v) is 1.05. The topological polar surface area (TPSA) is 58.6 Å². The molecule has 0 saturated carbocycles. The number of aromatic hydroxyl groups is 1. The third-order valence-electron chi connectivity index (χ3n) is 1.91. The third-order valence-corrected chi connectivity index (χ3v) is 1.91. The number of unbranched alkanes of at least 4 members (excludes halogenated alkanes) is 1. The first-order valence-electron chi connectivity index (χ1n) is 4.95. The zero-order chi connectivity index (χ0) is 11.1. The highest BCUT2D eigenvalue weighted by molar-refractivity contribution is 5.96. The number of carbonyl (C=O) groups excluding carboxylic acids is 1. The number of amides is 1. The maximum Gasteiger partial charge on any atom is 0.278 e. The van der Waals surface area contributed by atoms with Gasteiger partial charge in [0.25, 0.3) is 5.91 Å². The lowest BCUT2D eigenvalue weighted by Crippen LogP contribution is -2.24. The van der Waals surface area contributed by atoms with Crippen molar-refractivity contribution >= 4 is 5.91 Å². The van der Waals surface area contributed by atoms with Gasteiger partial charge in [-0.05, 0) is 18.6 Å². The third kappa shape index (κ3) is 3.59. The van der Waals surface area contributed by atoms with Crippen molar-refractivity contribution in [1.29, 1.82) is 0 Å². The molecule has 0 aliphatic heterocycles. The van der Waals surface area contributed by atoms with Crippen molar-refractivity contribution in [3.05, 3.63) is 29.8 Å². The van der Waals surface area contributed by atoms with Crippen LogP contribution >= 0.6 is 0 Å². The van der Waals surface area contributed by atoms with E-state index in [1.807, 2.05) is 6.92 Å². The molecule has 15 heavy (non-hydrogen) atoms. The van der Waals surface area contributed by atoms with E-state index in [1.54, 1.807) is 12.1 Å². The number of phenolic OH excluding ortho intramolecular Hbond substituents is 1. The average molecular weight is 209 g/mol. The number of para-hydroxylation sites is 1. The van der Waals surface area contributed by atoms with Crippen LogP contribution in [-0.2, 0) is 4.84 Å². The monoisotopic (exact) mass is 209 g/mol. The number of hydrogen-bond donors (Lipinski definition) is 2. The molecule has 0 aliphatic rings. The number of phenols is 1. The number of nitrogens with one attached hydrogen (secondary N) is 1. The van der Waals surface area contributed by atoms with Crippen molar-refractivity contribution in [2.75, 3.05) is 6.61 Å². The second kappa shape index (κ2) is 6.03. The lowest BCUT2D eigenvalue weighted by molar-refractivity contribution is 0.0300. The van der Waals surface area contributed by atoms with Crippen LogP contribution in [0.5, 0.6) is 5.75 Å². The van der Waals surface area contributed by atoms with E-state index < -0.39 is 5.91 Å². The van der Waals surface area contributed by atoms with Crippen molar-refractivity contribution in [2.24, 2.45) is 0 Å². The van der Waals surface area contributed by atoms with Crippen LogP contribution in [0.1, 0.15) is 30.1 Å². The largest absolute Gasteiger partial charge is 0.507 e. The van der Waals surface area contributed by atoms with E-state index in [0.29, 0.717) is 6.61 Å². The highest BCUT2D eigenvalue weighted by atomic mass is 16.6. The summed E-state index contributed by atoms with van der Waals surface area (Å²) in [7, 11) is 0. The lowest BCUT2D eigenvalue weighted by Gasteiger charge is -2.06. The summed E-state index contributed by atoms with van der Waals surface area (Å²) in [5.41, 5.74) is 2.49. The second-order valence-corrected chi connectivity index (χ2v) is 3.15. The summed E-state index contributed by atoms with van der Waals surface area (Å²) in [5, 5.41) is 9.37. The lowest BCUT2D eigenvalue weighted by atomic mass is 10.2. The zero-order valence-electron chi connectivity index (χ0n) is 8.69. The van der Waals surface area contributed by atoms with Crippen molar-refractivity contribution in [3.8, 4) is 5.75 Å². The van der Waals surface area contributed by atoms with Gasteiger partial charge in [0.2, 0.25) is 0 Å². The van der Waals surface area contributed by atoms with Gasteiger partial charge in [-0.1, -0.05) is 25.5 Å². The minimum Gasteiger partial charge on any atom is -0.507 e. The van der Waals surface area contributed by atoms with Crippen LogP contribution in [0.3, 0.4) is 0 Å². The zero-order valence-corrected chi connectivity index (χ0v) is 8.69. The first kappa shape index (κ1) is 11.5. The summed E-state index contributed by atoms with van der Waals surface area (Å²) in [4.78, 5) is 16.4. The van der Waals surface area contributed by atoms with Gasteiger partial charge in [-0.2, -0.15) is 0 Å². The quantitative estimate of drug-likeness (QED) is 0.574. The standard InChI is InChI=1S/C11H15NO3/c1-2-3-8-15-12-11(14)9-6-4-5-7-10(9)13/h4-7,13H,2-3,8H2,1H3,(H,12,14). The second-order valence-electron chi connectivity index (χ2n) is 3.15. The van der Waals surface area contributed by atoms with Gasteiger partial charge in [-0.3, -0.25) is 9.63 Å². The highest BCUT2D eigenvalue weighted by Crippen LogP contribution is 2.14. The molecular formula is C11H15NO3. The summed E-state index contributed by atoms with van der Waals surface area (Å²) in [5.74, 6) is -0.474. The molecule has 0 unspecified atom stereocenters. The Hall–Kier alpha value is -1.55. The summed E-state index contributed by atoms with van der Waals surface area (Å²) >= 11 is 0. The van der Waals surface area contributed by atoms with E-state index in [1.165, 1.54) is 12.1 Å². The van der Waals surface area contributed by atoms with Gasteiger partial charge in [0.1, 0.15) is 5.75 Å². The van der Waals surface area contributed by atoms with E-state index >= 15 is 0 Å². The van der Waals surface area contributed by atoms with E-state index in [-0.39, 0.29) is 11.3 Å². The molecule has 4 heteroatoms. The summed E-state index contributed by atoms with van der Waals surface area (Å²) in [6, 6.07) is 6.33. The molecule has 1 aromatic rings. The van der Waals surface area contributed by atoms with Gasteiger partial charge in [-0.25, -0.2) is 5.48 Å². The van der Waals surface area contributed by atoms with Crippen LogP contribution in [0.2, 0.25) is 0 Å². The summed E-state index contributed by atoms with van der Waals surface area (Å²) < 4.78 is 0. The normalized spacial score (nSPS) is 9.93. The van der Waals surface area contributed by atoms with Gasteiger partial charge in [0, 0.05) is 0 Å². The molecule has 0 radical (unpaired) electrons. The Morgan fingerprint density at radius 2 is 2.20 bits per heavy atom. The van der Waals surface area contributed by atoms with Crippen LogP contribution in [0, 0.1) is 0 Å². The molecule has 2 N–H and O–H groups in total. The molecule has 0 aliphatic carbocycles. The molecule has 4 nitrogen and oxygen atoms in total. The van der Waals surface area contributed by atoms with Crippen LogP contribution in [0.25, 0.3) is 0 Å². The molecule has 82 valence electrons. The predicted octanol–water partition coefficient (Wildman–Crippen LogP) is 1.85. The maximum atomic E-state index is 11.4. The minimum absolute atomic E-state index is 0.0471. The fourth-order valence-electron chi connectivity index (χ4n) is 1.05. The van der Waals surface area contributed by atoms with Crippen LogP contribution in [0.15, 0.2) is 24.3 Å². The maximum absolute atomic E-state index is 11.4. The van der Waals surface area contributed by atoms with Crippen molar-refractivity contribution in [2.45, 2.75) is 19.8 Å². The SMILES string of the molecule is CCCCONC(=O)c1ccccc1O. The molecule has 0 heterocycles. The highest BCUT2D eigenvalue weighted by Gasteiger charge is 2.09. The van der Waals surface area contributed by atoms with Gasteiger partial charge in [0.15, 0.2) is 0 Å². The summed E-state index contributed by atoms with van der Waals surface area (Å²) in [6.45, 7) is 2.52. The Bertz CT molecular complexity index is 325. The Labute approximate surface area is 88.8 Å². The number of hydroxylamine groups is 1. The fraction of sp³-hybridized carbons (Fsp3) is 0.364. The first-order chi connectivity index (χ1) is 7.25. The molecule has 1 amide bonds. The average Bonchev–Trinajstić information content (AvgIpc) is 2.25. The molecule has 0 bridgehead atoms. The van der Waals surface area contributed by atoms with E-state index in [2.05, 4.69) is 5.48 Å². The Balaban J connectivity index is 2.44. The Kier molecular flexibility index (Phi) is 4.63. The molecule has 0 spiro atoms.